The van der Waals surface area contributed by atoms with Gasteiger partial charge < -0.3 is 16.8 Å². The third-order valence-corrected chi connectivity index (χ3v) is 4.08. The molecule has 1 rings (SSSR count). The second-order valence-electron chi connectivity index (χ2n) is 4.57. The van der Waals surface area contributed by atoms with Gasteiger partial charge in [0.2, 0.25) is 15.9 Å². The van der Waals surface area contributed by atoms with Crippen LogP contribution in [0, 0.1) is 0 Å². The van der Waals surface area contributed by atoms with Crippen LogP contribution in [-0.2, 0) is 14.8 Å². The van der Waals surface area contributed by atoms with Crippen LogP contribution in [0.5, 0.6) is 0 Å². The molecule has 106 valence electrons. The number of nitrogens with two attached hydrogens (primary N) is 2. The molecule has 0 saturated heterocycles. The Morgan fingerprint density at radius 2 is 1.89 bits per heavy atom. The zero-order valence-electron chi connectivity index (χ0n) is 11.0. The lowest BCUT2D eigenvalue weighted by Crippen LogP contribution is -2.45. The molecule has 6 N–H and O–H groups in total. The van der Waals surface area contributed by atoms with Gasteiger partial charge in [0.25, 0.3) is 0 Å². The Hall–Kier alpha value is -1.80. The van der Waals surface area contributed by atoms with Gasteiger partial charge in [-0.3, -0.25) is 4.79 Å². The van der Waals surface area contributed by atoms with Crippen molar-refractivity contribution in [3.8, 4) is 0 Å². The highest BCUT2D eigenvalue weighted by Crippen LogP contribution is 2.25. The van der Waals surface area contributed by atoms with Crippen molar-refractivity contribution in [2.75, 3.05) is 18.1 Å². The zero-order chi connectivity index (χ0) is 14.8. The van der Waals surface area contributed by atoms with E-state index in [1.807, 2.05) is 0 Å². The molecular formula is C11H18N4O3S. The maximum Gasteiger partial charge on any atom is 0.242 e. The van der Waals surface area contributed by atoms with Crippen molar-refractivity contribution < 1.29 is 13.2 Å². The second kappa shape index (κ2) is 5.06. The smallest absolute Gasteiger partial charge is 0.242 e. The van der Waals surface area contributed by atoms with Gasteiger partial charge in [-0.05, 0) is 39.1 Å². The van der Waals surface area contributed by atoms with Crippen molar-refractivity contribution >= 4 is 27.3 Å². The number of hydrogen-bond donors (Lipinski definition) is 4. The minimum absolute atomic E-state index is 0.0509. The Bertz CT molecular complexity index is 596. The summed E-state index contributed by atoms with van der Waals surface area (Å²) in [6.07, 6.45) is 0. The Morgan fingerprint density at radius 1 is 1.32 bits per heavy atom. The number of nitrogens with one attached hydrogen (secondary N) is 2. The van der Waals surface area contributed by atoms with E-state index in [4.69, 9.17) is 11.5 Å². The van der Waals surface area contributed by atoms with Gasteiger partial charge in [-0.25, -0.2) is 13.1 Å². The average Bonchev–Trinajstić information content (AvgIpc) is 2.31. The molecule has 0 radical (unpaired) electrons. The van der Waals surface area contributed by atoms with Crippen LogP contribution in [-0.4, -0.2) is 26.9 Å². The van der Waals surface area contributed by atoms with Crippen molar-refractivity contribution in [1.29, 1.82) is 0 Å². The van der Waals surface area contributed by atoms with Crippen LogP contribution in [0.25, 0.3) is 0 Å². The quantitative estimate of drug-likeness (QED) is 0.560. The van der Waals surface area contributed by atoms with Crippen LogP contribution < -0.4 is 21.5 Å². The van der Waals surface area contributed by atoms with Gasteiger partial charge in [-0.2, -0.15) is 0 Å². The fourth-order valence-electron chi connectivity index (χ4n) is 1.34. The first-order valence-corrected chi connectivity index (χ1v) is 6.99. The van der Waals surface area contributed by atoms with E-state index in [9.17, 15) is 13.2 Å². The molecule has 0 unspecified atom stereocenters. The van der Waals surface area contributed by atoms with Crippen LogP contribution in [0.3, 0.4) is 0 Å². The van der Waals surface area contributed by atoms with Gasteiger partial charge in [0.05, 0.1) is 16.3 Å². The summed E-state index contributed by atoms with van der Waals surface area (Å²) in [5.41, 5.74) is 10.7. The van der Waals surface area contributed by atoms with E-state index in [1.54, 1.807) is 13.8 Å². The summed E-state index contributed by atoms with van der Waals surface area (Å²) in [4.78, 5) is 11.3. The number of primary amides is 1. The van der Waals surface area contributed by atoms with E-state index in [0.717, 1.165) is 0 Å². The van der Waals surface area contributed by atoms with Gasteiger partial charge in [0, 0.05) is 0 Å². The van der Waals surface area contributed by atoms with Crippen molar-refractivity contribution in [2.45, 2.75) is 24.3 Å². The number of hydrogen-bond acceptors (Lipinski definition) is 5. The molecule has 7 nitrogen and oxygen atoms in total. The van der Waals surface area contributed by atoms with E-state index in [-0.39, 0.29) is 10.6 Å². The normalized spacial score (nSPS) is 12.2. The van der Waals surface area contributed by atoms with E-state index in [1.165, 1.54) is 25.2 Å². The second-order valence-corrected chi connectivity index (χ2v) is 6.46. The summed E-state index contributed by atoms with van der Waals surface area (Å²) in [5.74, 6) is -0.543. The van der Waals surface area contributed by atoms with Crippen LogP contribution in [0.4, 0.5) is 11.4 Å². The zero-order valence-corrected chi connectivity index (χ0v) is 11.8. The number of carbonyl (C=O) groups is 1. The minimum Gasteiger partial charge on any atom is -0.397 e. The molecule has 0 aliphatic carbocycles. The van der Waals surface area contributed by atoms with Gasteiger partial charge in [0.15, 0.2) is 0 Å². The Kier molecular flexibility index (Phi) is 4.06. The molecule has 0 aliphatic heterocycles. The fraction of sp³-hybridized carbons (Fsp3) is 0.364. The van der Waals surface area contributed by atoms with Crippen molar-refractivity contribution in [1.82, 2.24) is 4.72 Å². The summed E-state index contributed by atoms with van der Waals surface area (Å²) < 4.78 is 25.4. The van der Waals surface area contributed by atoms with E-state index >= 15 is 0 Å². The van der Waals surface area contributed by atoms with Gasteiger partial charge in [-0.1, -0.05) is 0 Å². The fourth-order valence-corrected chi connectivity index (χ4v) is 2.10. The summed E-state index contributed by atoms with van der Waals surface area (Å²) in [6.45, 7) is 3.21. The number of anilines is 2. The van der Waals surface area contributed by atoms with Crippen molar-refractivity contribution in [3.63, 3.8) is 0 Å². The molecule has 8 heteroatoms. The molecule has 0 spiro atoms. The first-order valence-electron chi connectivity index (χ1n) is 5.51. The average molecular weight is 286 g/mol. The first kappa shape index (κ1) is 15.3. The highest BCUT2D eigenvalue weighted by molar-refractivity contribution is 7.89. The lowest BCUT2D eigenvalue weighted by molar-refractivity contribution is -0.121. The molecule has 0 atom stereocenters. The van der Waals surface area contributed by atoms with Crippen molar-refractivity contribution in [3.05, 3.63) is 18.2 Å². The SMILES string of the molecule is CNS(=O)(=O)c1ccc(NC(C)(C)C(N)=O)c(N)c1. The highest BCUT2D eigenvalue weighted by Gasteiger charge is 2.25. The Labute approximate surface area is 112 Å². The predicted molar refractivity (Wildman–Crippen MR) is 74.0 cm³/mol. The monoisotopic (exact) mass is 286 g/mol. The molecule has 1 aromatic carbocycles. The van der Waals surface area contributed by atoms with Gasteiger partial charge in [0.1, 0.15) is 5.54 Å². The van der Waals surface area contributed by atoms with Gasteiger partial charge >= 0.3 is 0 Å². The molecule has 1 aromatic rings. The molecule has 19 heavy (non-hydrogen) atoms. The number of carbonyl (C=O) groups excluding carboxylic acids is 1. The summed E-state index contributed by atoms with van der Waals surface area (Å²) in [5, 5.41) is 2.87. The third kappa shape index (κ3) is 3.36. The Balaban J connectivity index is 3.13. The van der Waals surface area contributed by atoms with E-state index in [0.29, 0.717) is 5.69 Å². The lowest BCUT2D eigenvalue weighted by atomic mass is 10.0. The van der Waals surface area contributed by atoms with Crippen LogP contribution in [0.2, 0.25) is 0 Å². The van der Waals surface area contributed by atoms with Crippen molar-refractivity contribution in [2.24, 2.45) is 5.73 Å². The summed E-state index contributed by atoms with van der Waals surface area (Å²) >= 11 is 0. The van der Waals surface area contributed by atoms with E-state index in [2.05, 4.69) is 10.0 Å². The minimum atomic E-state index is -3.55. The number of nitrogen functional groups attached to an aromatic ring is 1. The largest absolute Gasteiger partial charge is 0.397 e. The molecular weight excluding hydrogens is 268 g/mol. The number of amides is 1. The number of benzene rings is 1. The van der Waals surface area contributed by atoms with Crippen LogP contribution >= 0.6 is 0 Å². The number of rotatable bonds is 5. The highest BCUT2D eigenvalue weighted by atomic mass is 32.2. The molecule has 0 aliphatic rings. The first-order chi connectivity index (χ1) is 8.60. The standard InChI is InChI=1S/C11H18N4O3S/c1-11(2,10(13)16)15-9-5-4-7(6-8(9)12)19(17,18)14-3/h4-6,14-15H,12H2,1-3H3,(H2,13,16). The maximum atomic E-state index is 11.6. The van der Waals surface area contributed by atoms with E-state index < -0.39 is 21.5 Å². The predicted octanol–water partition coefficient (Wildman–Crippen LogP) is -0.147. The van der Waals surface area contributed by atoms with Crippen LogP contribution in [0.15, 0.2) is 23.1 Å². The Morgan fingerprint density at radius 3 is 2.32 bits per heavy atom. The number of sulfonamides is 1. The summed E-state index contributed by atoms with van der Waals surface area (Å²) in [7, 11) is -2.23. The van der Waals surface area contributed by atoms with Crippen LogP contribution in [0.1, 0.15) is 13.8 Å². The molecule has 0 bridgehead atoms. The topological polar surface area (TPSA) is 127 Å². The molecule has 0 saturated carbocycles. The third-order valence-electron chi connectivity index (χ3n) is 2.67. The molecule has 0 fully saturated rings. The maximum absolute atomic E-state index is 11.6. The molecule has 0 heterocycles. The van der Waals surface area contributed by atoms with Gasteiger partial charge in [-0.15, -0.1) is 0 Å². The lowest BCUT2D eigenvalue weighted by Gasteiger charge is -2.24. The summed E-state index contributed by atoms with van der Waals surface area (Å²) in [6, 6.07) is 4.19. The molecule has 1 amide bonds. The molecule has 0 aromatic heterocycles.